The van der Waals surface area contributed by atoms with Crippen molar-refractivity contribution >= 4 is 27.1 Å². The van der Waals surface area contributed by atoms with Crippen molar-refractivity contribution in [2.24, 2.45) is 0 Å². The van der Waals surface area contributed by atoms with Crippen LogP contribution in [0.15, 0.2) is 24.3 Å². The van der Waals surface area contributed by atoms with Crippen LogP contribution < -0.4 is 11.1 Å². The first kappa shape index (κ1) is 11.0. The number of nitrogen functional groups attached to an aromatic ring is 1. The van der Waals surface area contributed by atoms with E-state index in [4.69, 9.17) is 5.73 Å². The van der Waals surface area contributed by atoms with Crippen molar-refractivity contribution in [2.75, 3.05) is 31.9 Å². The molecule has 1 aromatic heterocycles. The second-order valence-electron chi connectivity index (χ2n) is 4.54. The zero-order valence-electron chi connectivity index (χ0n) is 9.78. The lowest BCUT2D eigenvalue weighted by Crippen LogP contribution is -2.42. The van der Waals surface area contributed by atoms with E-state index in [1.54, 1.807) is 0 Å². The number of fused-ring (bicyclic) bond motifs is 1. The van der Waals surface area contributed by atoms with Crippen molar-refractivity contribution in [3.8, 4) is 0 Å². The fraction of sp³-hybridized carbons (Fsp3) is 0.385. The molecule has 4 heteroatoms. The van der Waals surface area contributed by atoms with E-state index in [0.717, 1.165) is 38.4 Å². The summed E-state index contributed by atoms with van der Waals surface area (Å²) in [7, 11) is 0. The Morgan fingerprint density at radius 3 is 2.88 bits per heavy atom. The largest absolute Gasteiger partial charge is 0.399 e. The van der Waals surface area contributed by atoms with E-state index in [9.17, 15) is 0 Å². The molecule has 0 unspecified atom stereocenters. The zero-order chi connectivity index (χ0) is 11.7. The molecule has 0 atom stereocenters. The van der Waals surface area contributed by atoms with Gasteiger partial charge >= 0.3 is 0 Å². The molecule has 0 radical (unpaired) electrons. The topological polar surface area (TPSA) is 41.3 Å². The standard InChI is InChI=1S/C13H17N3S/c14-11-2-1-10-7-12(17-13(10)8-11)9-16-5-3-15-4-6-16/h1-2,7-8,15H,3-6,9,14H2. The molecule has 3 nitrogen and oxygen atoms in total. The lowest BCUT2D eigenvalue weighted by molar-refractivity contribution is 0.235. The average Bonchev–Trinajstić information content (AvgIpc) is 2.71. The predicted octanol–water partition coefficient (Wildman–Crippen LogP) is 1.89. The second-order valence-corrected chi connectivity index (χ2v) is 5.70. The van der Waals surface area contributed by atoms with Crippen LogP contribution in [0.3, 0.4) is 0 Å². The molecule has 0 aliphatic carbocycles. The van der Waals surface area contributed by atoms with Gasteiger partial charge in [-0.15, -0.1) is 11.3 Å². The highest BCUT2D eigenvalue weighted by atomic mass is 32.1. The van der Waals surface area contributed by atoms with Crippen LogP contribution in [0.1, 0.15) is 4.88 Å². The van der Waals surface area contributed by atoms with Crippen LogP contribution in [0.2, 0.25) is 0 Å². The third kappa shape index (κ3) is 2.44. The molecule has 0 saturated carbocycles. The Balaban J connectivity index is 1.80. The third-order valence-electron chi connectivity index (χ3n) is 3.18. The second kappa shape index (κ2) is 4.64. The van der Waals surface area contributed by atoms with Gasteiger partial charge in [0.1, 0.15) is 0 Å². The first-order valence-corrected chi connectivity index (χ1v) is 6.84. The fourth-order valence-corrected chi connectivity index (χ4v) is 3.43. The van der Waals surface area contributed by atoms with E-state index in [1.807, 2.05) is 17.4 Å². The van der Waals surface area contributed by atoms with Gasteiger partial charge in [0.05, 0.1) is 0 Å². The van der Waals surface area contributed by atoms with Gasteiger partial charge in [-0.05, 0) is 23.6 Å². The number of rotatable bonds is 2. The van der Waals surface area contributed by atoms with Gasteiger partial charge in [0.15, 0.2) is 0 Å². The van der Waals surface area contributed by atoms with Gasteiger partial charge in [-0.2, -0.15) is 0 Å². The van der Waals surface area contributed by atoms with Crippen LogP contribution in [-0.2, 0) is 6.54 Å². The molecule has 90 valence electrons. The number of nitrogens with one attached hydrogen (secondary N) is 1. The first-order valence-electron chi connectivity index (χ1n) is 6.02. The number of nitrogens with zero attached hydrogens (tertiary/aromatic N) is 1. The summed E-state index contributed by atoms with van der Waals surface area (Å²) >= 11 is 1.86. The summed E-state index contributed by atoms with van der Waals surface area (Å²) in [4.78, 5) is 3.94. The summed E-state index contributed by atoms with van der Waals surface area (Å²) in [5, 5.41) is 4.69. The summed E-state index contributed by atoms with van der Waals surface area (Å²) in [6.45, 7) is 5.59. The Bertz CT molecular complexity index is 514. The fourth-order valence-electron chi connectivity index (χ4n) is 2.27. The number of anilines is 1. The number of nitrogens with two attached hydrogens (primary N) is 1. The van der Waals surface area contributed by atoms with Crippen molar-refractivity contribution in [3.63, 3.8) is 0 Å². The van der Waals surface area contributed by atoms with Crippen molar-refractivity contribution in [1.29, 1.82) is 0 Å². The van der Waals surface area contributed by atoms with E-state index in [1.165, 1.54) is 15.0 Å². The van der Waals surface area contributed by atoms with Gasteiger partial charge in [-0.1, -0.05) is 6.07 Å². The maximum absolute atomic E-state index is 5.81. The molecule has 17 heavy (non-hydrogen) atoms. The lowest BCUT2D eigenvalue weighted by atomic mass is 10.2. The zero-order valence-corrected chi connectivity index (χ0v) is 10.6. The lowest BCUT2D eigenvalue weighted by Gasteiger charge is -2.26. The summed E-state index contributed by atoms with van der Waals surface area (Å²) in [6, 6.07) is 8.45. The molecule has 3 rings (SSSR count). The molecule has 3 N–H and O–H groups in total. The smallest absolute Gasteiger partial charge is 0.0366 e. The molecule has 1 aliphatic rings. The minimum atomic E-state index is 0.855. The van der Waals surface area contributed by atoms with Gasteiger partial charge in [0, 0.05) is 48.0 Å². The Labute approximate surface area is 105 Å². The van der Waals surface area contributed by atoms with Gasteiger partial charge in [0.25, 0.3) is 0 Å². The van der Waals surface area contributed by atoms with E-state index < -0.39 is 0 Å². The van der Waals surface area contributed by atoms with E-state index >= 15 is 0 Å². The Kier molecular flexibility index (Phi) is 3.01. The highest BCUT2D eigenvalue weighted by Gasteiger charge is 2.11. The number of hydrogen-bond donors (Lipinski definition) is 2. The normalized spacial score (nSPS) is 17.6. The van der Waals surface area contributed by atoms with Crippen molar-refractivity contribution in [3.05, 3.63) is 29.1 Å². The summed E-state index contributed by atoms with van der Waals surface area (Å²) in [5.41, 5.74) is 6.66. The van der Waals surface area contributed by atoms with Crippen molar-refractivity contribution < 1.29 is 0 Å². The molecule has 1 saturated heterocycles. The number of benzene rings is 1. The molecule has 1 aliphatic heterocycles. The minimum absolute atomic E-state index is 0.855. The molecule has 1 fully saturated rings. The minimum Gasteiger partial charge on any atom is -0.399 e. The molecule has 0 spiro atoms. The summed E-state index contributed by atoms with van der Waals surface area (Å²) < 4.78 is 1.30. The van der Waals surface area contributed by atoms with Crippen LogP contribution in [0.25, 0.3) is 10.1 Å². The first-order chi connectivity index (χ1) is 8.31. The molecule has 0 bridgehead atoms. The third-order valence-corrected chi connectivity index (χ3v) is 4.27. The van der Waals surface area contributed by atoms with Gasteiger partial charge in [0.2, 0.25) is 0 Å². The SMILES string of the molecule is Nc1ccc2cc(CN3CCNCC3)sc2c1. The van der Waals surface area contributed by atoms with Gasteiger partial charge < -0.3 is 11.1 Å². The van der Waals surface area contributed by atoms with Gasteiger partial charge in [-0.3, -0.25) is 4.90 Å². The van der Waals surface area contributed by atoms with Gasteiger partial charge in [-0.25, -0.2) is 0 Å². The van der Waals surface area contributed by atoms with Crippen LogP contribution in [0.4, 0.5) is 5.69 Å². The predicted molar refractivity (Wildman–Crippen MR) is 74.4 cm³/mol. The van der Waals surface area contributed by atoms with Crippen molar-refractivity contribution in [1.82, 2.24) is 10.2 Å². The molecule has 0 amide bonds. The van der Waals surface area contributed by atoms with Crippen LogP contribution in [-0.4, -0.2) is 31.1 Å². The summed E-state index contributed by atoms with van der Waals surface area (Å²) in [5.74, 6) is 0. The Hall–Kier alpha value is -1.10. The highest BCUT2D eigenvalue weighted by molar-refractivity contribution is 7.19. The van der Waals surface area contributed by atoms with E-state index in [0.29, 0.717) is 0 Å². The van der Waals surface area contributed by atoms with Crippen molar-refractivity contribution in [2.45, 2.75) is 6.54 Å². The van der Waals surface area contributed by atoms with E-state index in [2.05, 4.69) is 28.4 Å². The maximum atomic E-state index is 5.81. The molecule has 2 heterocycles. The Morgan fingerprint density at radius 2 is 2.06 bits per heavy atom. The van der Waals surface area contributed by atoms with Crippen LogP contribution in [0.5, 0.6) is 0 Å². The number of thiophene rings is 1. The van der Waals surface area contributed by atoms with Crippen LogP contribution in [0, 0.1) is 0 Å². The molecular formula is C13H17N3S. The quantitative estimate of drug-likeness (QED) is 0.796. The van der Waals surface area contributed by atoms with Crippen LogP contribution >= 0.6 is 11.3 Å². The monoisotopic (exact) mass is 247 g/mol. The number of piperazine rings is 1. The van der Waals surface area contributed by atoms with E-state index in [-0.39, 0.29) is 0 Å². The number of hydrogen-bond acceptors (Lipinski definition) is 4. The Morgan fingerprint density at radius 1 is 1.24 bits per heavy atom. The molecule has 2 aromatic rings. The molecular weight excluding hydrogens is 230 g/mol. The average molecular weight is 247 g/mol. The summed E-state index contributed by atoms with van der Waals surface area (Å²) in [6.07, 6.45) is 0. The highest BCUT2D eigenvalue weighted by Crippen LogP contribution is 2.28. The maximum Gasteiger partial charge on any atom is 0.0366 e. The molecule has 1 aromatic carbocycles.